The Balaban J connectivity index is 0.00000324. The second-order valence-electron chi connectivity index (χ2n) is 4.29. The van der Waals surface area contributed by atoms with Crippen molar-refractivity contribution in [1.29, 1.82) is 0 Å². The number of hydrogen-bond acceptors (Lipinski definition) is 4. The van der Waals surface area contributed by atoms with E-state index >= 15 is 0 Å². The second-order valence-corrected chi connectivity index (χ2v) is 4.29. The molecule has 0 spiro atoms. The molecule has 0 N–H and O–H groups in total. The Bertz CT molecular complexity index is 357. The van der Waals surface area contributed by atoms with E-state index in [9.17, 15) is 4.79 Å². The molecule has 1 atom stereocenters. The van der Waals surface area contributed by atoms with Crippen LogP contribution in [0.1, 0.15) is 25.0 Å². The fraction of sp³-hybridized carbons (Fsp3) is 0.500. The molecule has 0 saturated heterocycles. The van der Waals surface area contributed by atoms with Crippen molar-refractivity contribution in [2.75, 3.05) is 27.2 Å². The van der Waals surface area contributed by atoms with Crippen LogP contribution in [0, 0.1) is 0 Å². The van der Waals surface area contributed by atoms with Gasteiger partial charge in [-0.1, -0.05) is 30.3 Å². The van der Waals surface area contributed by atoms with E-state index < -0.39 is 6.16 Å². The predicted molar refractivity (Wildman–Crippen MR) is 77.7 cm³/mol. The highest BCUT2D eigenvalue weighted by Crippen LogP contribution is 2.21. The van der Waals surface area contributed by atoms with Gasteiger partial charge in [0.15, 0.2) is 0 Å². The van der Waals surface area contributed by atoms with Gasteiger partial charge in [-0.05, 0) is 26.6 Å². The minimum Gasteiger partial charge on any atom is -0.435 e. The maximum atomic E-state index is 11.4. The average molecular weight is 288 g/mol. The molecule has 5 heteroatoms. The van der Waals surface area contributed by atoms with E-state index in [1.807, 2.05) is 44.4 Å². The summed E-state index contributed by atoms with van der Waals surface area (Å²) < 4.78 is 10.2. The van der Waals surface area contributed by atoms with Crippen LogP contribution in [-0.2, 0) is 9.47 Å². The maximum absolute atomic E-state index is 11.4. The summed E-state index contributed by atoms with van der Waals surface area (Å²) in [5, 5.41) is 0. The standard InChI is InChI=1S/C14H21NO3.ClH/c1-4-17-14(16)18-13(10-11-15(2)3)12-8-6-5-7-9-12;/h5-9,13H,4,10-11H2,1-3H3;1H. The normalized spacial score (nSPS) is 11.6. The molecule has 0 aromatic heterocycles. The van der Waals surface area contributed by atoms with Crippen molar-refractivity contribution in [3.05, 3.63) is 35.9 Å². The van der Waals surface area contributed by atoms with E-state index in [-0.39, 0.29) is 18.5 Å². The molecular formula is C14H22ClNO3. The summed E-state index contributed by atoms with van der Waals surface area (Å²) in [4.78, 5) is 13.5. The highest BCUT2D eigenvalue weighted by molar-refractivity contribution is 5.85. The van der Waals surface area contributed by atoms with Crippen LogP contribution in [0.2, 0.25) is 0 Å². The van der Waals surface area contributed by atoms with E-state index in [0.29, 0.717) is 6.61 Å². The Kier molecular flexibility index (Phi) is 9.00. The number of rotatable bonds is 6. The first-order chi connectivity index (χ1) is 8.63. The number of ether oxygens (including phenoxy) is 2. The summed E-state index contributed by atoms with van der Waals surface area (Å²) in [6, 6.07) is 9.73. The number of benzene rings is 1. The van der Waals surface area contributed by atoms with Crippen molar-refractivity contribution in [1.82, 2.24) is 4.90 Å². The van der Waals surface area contributed by atoms with Gasteiger partial charge in [0.05, 0.1) is 6.61 Å². The van der Waals surface area contributed by atoms with Crippen LogP contribution < -0.4 is 0 Å². The lowest BCUT2D eigenvalue weighted by atomic mass is 10.1. The van der Waals surface area contributed by atoms with Gasteiger partial charge in [0.2, 0.25) is 0 Å². The molecular weight excluding hydrogens is 266 g/mol. The zero-order valence-electron chi connectivity index (χ0n) is 11.7. The van der Waals surface area contributed by atoms with Gasteiger partial charge in [-0.2, -0.15) is 0 Å². The SMILES string of the molecule is CCOC(=O)OC(CCN(C)C)c1ccccc1.Cl. The molecule has 0 radical (unpaired) electrons. The van der Waals surface area contributed by atoms with Crippen molar-refractivity contribution in [2.24, 2.45) is 0 Å². The molecule has 0 bridgehead atoms. The largest absolute Gasteiger partial charge is 0.508 e. The lowest BCUT2D eigenvalue weighted by molar-refractivity contribution is 0.0206. The highest BCUT2D eigenvalue weighted by Gasteiger charge is 2.17. The van der Waals surface area contributed by atoms with E-state index in [2.05, 4.69) is 4.90 Å². The summed E-state index contributed by atoms with van der Waals surface area (Å²) in [7, 11) is 3.98. The summed E-state index contributed by atoms with van der Waals surface area (Å²) in [6.07, 6.45) is -0.117. The fourth-order valence-corrected chi connectivity index (χ4v) is 1.60. The fourth-order valence-electron chi connectivity index (χ4n) is 1.60. The van der Waals surface area contributed by atoms with Gasteiger partial charge in [0.1, 0.15) is 6.10 Å². The van der Waals surface area contributed by atoms with Crippen LogP contribution in [0.15, 0.2) is 30.3 Å². The average Bonchev–Trinajstić information content (AvgIpc) is 2.35. The van der Waals surface area contributed by atoms with Gasteiger partial charge in [0, 0.05) is 13.0 Å². The lowest BCUT2D eigenvalue weighted by Crippen LogP contribution is -2.19. The molecule has 0 saturated carbocycles. The summed E-state index contributed by atoms with van der Waals surface area (Å²) in [5.74, 6) is 0. The van der Waals surface area contributed by atoms with Crippen LogP contribution in [0.25, 0.3) is 0 Å². The lowest BCUT2D eigenvalue weighted by Gasteiger charge is -2.19. The molecule has 0 aliphatic rings. The van der Waals surface area contributed by atoms with Crippen LogP contribution >= 0.6 is 12.4 Å². The number of carbonyl (C=O) groups excluding carboxylic acids is 1. The smallest absolute Gasteiger partial charge is 0.435 e. The minimum atomic E-state index is -0.606. The van der Waals surface area contributed by atoms with Gasteiger partial charge in [0.25, 0.3) is 0 Å². The molecule has 4 nitrogen and oxygen atoms in total. The molecule has 1 rings (SSSR count). The third kappa shape index (κ3) is 7.03. The summed E-state index contributed by atoms with van der Waals surface area (Å²) in [6.45, 7) is 2.94. The third-order valence-electron chi connectivity index (χ3n) is 2.51. The third-order valence-corrected chi connectivity index (χ3v) is 2.51. The van der Waals surface area contributed by atoms with Crippen molar-refractivity contribution in [2.45, 2.75) is 19.4 Å². The Morgan fingerprint density at radius 3 is 2.42 bits per heavy atom. The maximum Gasteiger partial charge on any atom is 0.508 e. The minimum absolute atomic E-state index is 0. The molecule has 0 heterocycles. The molecule has 108 valence electrons. The molecule has 1 unspecified atom stereocenters. The van der Waals surface area contributed by atoms with Crippen LogP contribution in [0.4, 0.5) is 4.79 Å². The van der Waals surface area contributed by atoms with Gasteiger partial charge in [-0.15, -0.1) is 12.4 Å². The van der Waals surface area contributed by atoms with E-state index in [1.165, 1.54) is 0 Å². The monoisotopic (exact) mass is 287 g/mol. The first-order valence-corrected chi connectivity index (χ1v) is 6.16. The summed E-state index contributed by atoms with van der Waals surface area (Å²) >= 11 is 0. The molecule has 0 aliphatic heterocycles. The predicted octanol–water partition coefficient (Wildman–Crippen LogP) is 3.27. The first-order valence-electron chi connectivity index (χ1n) is 6.16. The van der Waals surface area contributed by atoms with Crippen molar-refractivity contribution in [3.63, 3.8) is 0 Å². The quantitative estimate of drug-likeness (QED) is 0.753. The van der Waals surface area contributed by atoms with Crippen LogP contribution in [0.3, 0.4) is 0 Å². The zero-order valence-corrected chi connectivity index (χ0v) is 12.5. The Morgan fingerprint density at radius 2 is 1.89 bits per heavy atom. The molecule has 0 fully saturated rings. The van der Waals surface area contributed by atoms with E-state index in [4.69, 9.17) is 9.47 Å². The molecule has 1 aromatic carbocycles. The number of halogens is 1. The van der Waals surface area contributed by atoms with Crippen molar-refractivity contribution >= 4 is 18.6 Å². The number of nitrogens with zero attached hydrogens (tertiary/aromatic N) is 1. The van der Waals surface area contributed by atoms with Gasteiger partial charge in [-0.25, -0.2) is 4.79 Å². The Labute approximate surface area is 121 Å². The van der Waals surface area contributed by atoms with Gasteiger partial charge >= 0.3 is 6.16 Å². The van der Waals surface area contributed by atoms with E-state index in [1.54, 1.807) is 6.92 Å². The molecule has 0 amide bonds. The molecule has 0 aliphatic carbocycles. The van der Waals surface area contributed by atoms with Gasteiger partial charge in [-0.3, -0.25) is 0 Å². The first kappa shape index (κ1) is 17.7. The topological polar surface area (TPSA) is 38.8 Å². The zero-order chi connectivity index (χ0) is 13.4. The second kappa shape index (κ2) is 9.64. The Morgan fingerprint density at radius 1 is 1.26 bits per heavy atom. The summed E-state index contributed by atoms with van der Waals surface area (Å²) in [5.41, 5.74) is 0.993. The van der Waals surface area contributed by atoms with E-state index in [0.717, 1.165) is 18.5 Å². The Hall–Kier alpha value is -1.26. The van der Waals surface area contributed by atoms with Crippen molar-refractivity contribution in [3.8, 4) is 0 Å². The van der Waals surface area contributed by atoms with Crippen LogP contribution in [0.5, 0.6) is 0 Å². The molecule has 1 aromatic rings. The van der Waals surface area contributed by atoms with Crippen molar-refractivity contribution < 1.29 is 14.3 Å². The highest BCUT2D eigenvalue weighted by atomic mass is 35.5. The van der Waals surface area contributed by atoms with Gasteiger partial charge < -0.3 is 14.4 Å². The van der Waals surface area contributed by atoms with Crippen LogP contribution in [-0.4, -0.2) is 38.3 Å². The molecule has 19 heavy (non-hydrogen) atoms. The number of hydrogen-bond donors (Lipinski definition) is 0. The number of carbonyl (C=O) groups is 1.